The zero-order chi connectivity index (χ0) is 49.8. The molecular formula is C54H84N6O8. The van der Waals surface area contributed by atoms with E-state index in [2.05, 4.69) is 62.8 Å². The van der Waals surface area contributed by atoms with Gasteiger partial charge in [-0.25, -0.2) is 0 Å². The summed E-state index contributed by atoms with van der Waals surface area (Å²) in [4.78, 5) is 55.3. The molecule has 3 aromatic rings. The number of carbonyl (C=O) groups is 4. The summed E-state index contributed by atoms with van der Waals surface area (Å²) >= 11 is 0. The Balaban J connectivity index is 1.99. The first-order valence-electron chi connectivity index (χ1n) is 25.3. The van der Waals surface area contributed by atoms with Crippen LogP contribution in [0.3, 0.4) is 0 Å². The van der Waals surface area contributed by atoms with Gasteiger partial charge < -0.3 is 51.7 Å². The van der Waals surface area contributed by atoms with Crippen molar-refractivity contribution in [2.45, 2.75) is 157 Å². The van der Waals surface area contributed by atoms with Gasteiger partial charge >= 0.3 is 0 Å². The molecule has 378 valence electrons. The second kappa shape index (κ2) is 31.7. The van der Waals surface area contributed by atoms with E-state index in [4.69, 9.17) is 30.4 Å². The number of nitrogens with two attached hydrogens (primary N) is 2. The van der Waals surface area contributed by atoms with E-state index < -0.39 is 11.8 Å². The van der Waals surface area contributed by atoms with E-state index in [1.165, 1.54) is 50.7 Å². The van der Waals surface area contributed by atoms with Crippen molar-refractivity contribution in [1.29, 1.82) is 0 Å². The molecule has 3 rings (SSSR count). The van der Waals surface area contributed by atoms with Crippen LogP contribution < -0.4 is 42.2 Å². The number of hydrogen-bond donors (Lipinski definition) is 6. The van der Waals surface area contributed by atoms with Gasteiger partial charge in [0.2, 0.25) is 0 Å². The van der Waals surface area contributed by atoms with Gasteiger partial charge in [-0.2, -0.15) is 0 Å². The molecule has 0 spiro atoms. The van der Waals surface area contributed by atoms with Gasteiger partial charge in [-0.15, -0.1) is 0 Å². The minimum absolute atomic E-state index is 0.0111. The predicted molar refractivity (Wildman–Crippen MR) is 276 cm³/mol. The summed E-state index contributed by atoms with van der Waals surface area (Å²) in [6.45, 7) is 18.9. The van der Waals surface area contributed by atoms with Crippen LogP contribution in [-0.4, -0.2) is 75.4 Å². The van der Waals surface area contributed by atoms with Crippen molar-refractivity contribution in [3.05, 3.63) is 70.8 Å². The summed E-state index contributed by atoms with van der Waals surface area (Å²) in [6.07, 6.45) is 14.2. The lowest BCUT2D eigenvalue weighted by Crippen LogP contribution is -2.25. The number of nitrogen functional groups attached to an aromatic ring is 2. The summed E-state index contributed by atoms with van der Waals surface area (Å²) in [5.74, 6) is -0.684. The van der Waals surface area contributed by atoms with Crippen LogP contribution in [0.15, 0.2) is 48.5 Å². The van der Waals surface area contributed by atoms with E-state index in [1.807, 2.05) is 13.8 Å². The summed E-state index contributed by atoms with van der Waals surface area (Å²) in [6, 6.07) is 12.3. The maximum absolute atomic E-state index is 14.4. The Hall–Kier alpha value is -5.34. The number of unbranched alkanes of at least 4 members (excludes halogenated alkanes) is 10. The second-order valence-corrected chi connectivity index (χ2v) is 18.8. The molecule has 0 unspecified atom stereocenters. The zero-order valence-corrected chi connectivity index (χ0v) is 42.5. The molecule has 68 heavy (non-hydrogen) atoms. The number of amides is 4. The van der Waals surface area contributed by atoms with Crippen LogP contribution in [0.1, 0.15) is 187 Å². The molecule has 0 saturated carbocycles. The molecule has 0 aliphatic heterocycles. The maximum atomic E-state index is 14.4. The molecule has 8 N–H and O–H groups in total. The maximum Gasteiger partial charge on any atom is 0.259 e. The van der Waals surface area contributed by atoms with E-state index in [1.54, 1.807) is 36.4 Å². The topological polar surface area (TPSA) is 205 Å². The molecule has 4 amide bonds. The number of carbonyl (C=O) groups excluding carboxylic acids is 4. The molecule has 0 aliphatic rings. The van der Waals surface area contributed by atoms with E-state index in [0.29, 0.717) is 49.3 Å². The van der Waals surface area contributed by atoms with E-state index in [9.17, 15) is 19.2 Å². The molecule has 2 atom stereocenters. The summed E-state index contributed by atoms with van der Waals surface area (Å²) in [5.41, 5.74) is 14.3. The highest BCUT2D eigenvalue weighted by Crippen LogP contribution is 2.33. The largest absolute Gasteiger partial charge is 0.490 e. The predicted octanol–water partition coefficient (Wildman–Crippen LogP) is 11.2. The lowest BCUT2D eigenvalue weighted by molar-refractivity contribution is 0.0250. The minimum Gasteiger partial charge on any atom is -0.490 e. The van der Waals surface area contributed by atoms with Gasteiger partial charge in [0.1, 0.15) is 24.7 Å². The van der Waals surface area contributed by atoms with Gasteiger partial charge in [0.25, 0.3) is 23.6 Å². The van der Waals surface area contributed by atoms with Gasteiger partial charge in [0.15, 0.2) is 0 Å². The number of rotatable bonds is 34. The highest BCUT2D eigenvalue weighted by atomic mass is 16.5. The van der Waals surface area contributed by atoms with Gasteiger partial charge in [-0.3, -0.25) is 19.2 Å². The first-order chi connectivity index (χ1) is 32.6. The molecule has 0 saturated heterocycles. The third-order valence-corrected chi connectivity index (χ3v) is 11.3. The van der Waals surface area contributed by atoms with Crippen LogP contribution in [0.4, 0.5) is 22.7 Å². The Bertz CT molecular complexity index is 1870. The Labute approximate surface area is 407 Å². The van der Waals surface area contributed by atoms with Gasteiger partial charge in [0, 0.05) is 66.2 Å². The van der Waals surface area contributed by atoms with Crippen molar-refractivity contribution >= 4 is 46.4 Å². The van der Waals surface area contributed by atoms with Crippen molar-refractivity contribution in [3.63, 3.8) is 0 Å². The van der Waals surface area contributed by atoms with Crippen LogP contribution in [0.5, 0.6) is 11.5 Å². The standard InChI is InChI=1S/C54H84N6O8/c1-9-11-13-15-17-19-23-57-51(61)41-27-43(55)31-45(29-41)59-53(63)47-33-48(54(64)60-46-30-42(28-44(56)32-46)52(62)58-24-20-18-16-14-12-10-2)50(68-36-40(8)66-26-22-38(5)6)34-49(47)67-35-39(7)65-25-21-37(3)4/h27-34,37-40H,9-26,35-36,55-56H2,1-8H3,(H,57,61)(H,58,62)(H,59,63)(H,60,64)/t39-,40-/m0/s1. The first-order valence-corrected chi connectivity index (χ1v) is 25.3. The fraction of sp³-hybridized carbons (Fsp3) is 0.593. The fourth-order valence-electron chi connectivity index (χ4n) is 7.20. The van der Waals surface area contributed by atoms with Crippen molar-refractivity contribution < 1.29 is 38.1 Å². The lowest BCUT2D eigenvalue weighted by atomic mass is 10.1. The van der Waals surface area contributed by atoms with E-state index in [0.717, 1.165) is 51.4 Å². The number of anilines is 4. The van der Waals surface area contributed by atoms with Crippen molar-refractivity contribution in [2.75, 3.05) is 61.6 Å². The van der Waals surface area contributed by atoms with Gasteiger partial charge in [-0.05, 0) is 93.8 Å². The highest BCUT2D eigenvalue weighted by molar-refractivity contribution is 6.12. The van der Waals surface area contributed by atoms with Crippen LogP contribution >= 0.6 is 0 Å². The SMILES string of the molecule is CCCCCCCCNC(=O)c1cc(N)cc(NC(=O)c2cc(C(=O)Nc3cc(N)cc(C(=O)NCCCCCCCC)c3)c(OC[C@H](C)OCCC(C)C)cc2OC[C@H](C)OCCC(C)C)c1. The van der Waals surface area contributed by atoms with Crippen LogP contribution in [-0.2, 0) is 9.47 Å². The molecule has 0 aliphatic carbocycles. The van der Waals surface area contributed by atoms with Crippen LogP contribution in [0.25, 0.3) is 0 Å². The molecule has 0 aromatic heterocycles. The molecule has 3 aromatic carbocycles. The average molecular weight is 945 g/mol. The Morgan fingerprint density at radius 1 is 0.485 bits per heavy atom. The molecule has 0 radical (unpaired) electrons. The minimum atomic E-state index is -0.628. The zero-order valence-electron chi connectivity index (χ0n) is 42.5. The van der Waals surface area contributed by atoms with Gasteiger partial charge in [0.05, 0.1) is 23.3 Å². The summed E-state index contributed by atoms with van der Waals surface area (Å²) < 4.78 is 24.7. The Morgan fingerprint density at radius 3 is 1.25 bits per heavy atom. The van der Waals surface area contributed by atoms with Crippen molar-refractivity contribution in [1.82, 2.24) is 10.6 Å². The first kappa shape index (κ1) is 57.0. The molecule has 0 fully saturated rings. The molecular weight excluding hydrogens is 861 g/mol. The van der Waals surface area contributed by atoms with Gasteiger partial charge in [-0.1, -0.05) is 106 Å². The molecule has 14 heteroatoms. The van der Waals surface area contributed by atoms with Crippen molar-refractivity contribution in [2.24, 2.45) is 11.8 Å². The monoisotopic (exact) mass is 945 g/mol. The smallest absolute Gasteiger partial charge is 0.259 e. The normalized spacial score (nSPS) is 12.1. The molecule has 0 heterocycles. The number of nitrogens with one attached hydrogen (secondary N) is 4. The summed E-state index contributed by atoms with van der Waals surface area (Å²) in [5, 5.41) is 11.7. The number of benzene rings is 3. The van der Waals surface area contributed by atoms with E-state index in [-0.39, 0.29) is 82.6 Å². The van der Waals surface area contributed by atoms with Crippen LogP contribution in [0, 0.1) is 11.8 Å². The third-order valence-electron chi connectivity index (χ3n) is 11.3. The third kappa shape index (κ3) is 22.2. The lowest BCUT2D eigenvalue weighted by Gasteiger charge is -2.21. The van der Waals surface area contributed by atoms with Crippen molar-refractivity contribution in [3.8, 4) is 11.5 Å². The fourth-order valence-corrected chi connectivity index (χ4v) is 7.20. The van der Waals surface area contributed by atoms with E-state index >= 15 is 0 Å². The molecule has 0 bridgehead atoms. The highest BCUT2D eigenvalue weighted by Gasteiger charge is 2.25. The molecule has 14 nitrogen and oxygen atoms in total. The summed E-state index contributed by atoms with van der Waals surface area (Å²) in [7, 11) is 0. The van der Waals surface area contributed by atoms with Crippen LogP contribution in [0.2, 0.25) is 0 Å². The Kier molecular flexibility index (Phi) is 26.5. The quantitative estimate of drug-likeness (QED) is 0.0247. The average Bonchev–Trinajstić information content (AvgIpc) is 3.28. The second-order valence-electron chi connectivity index (χ2n) is 18.8. The number of ether oxygens (including phenoxy) is 4. The number of hydrogen-bond acceptors (Lipinski definition) is 10. The Morgan fingerprint density at radius 2 is 0.868 bits per heavy atom.